The average molecular weight is 866 g/mol. The second-order valence-electron chi connectivity index (χ2n) is 14.0. The normalized spacial score (nSPS) is 16.3. The summed E-state index contributed by atoms with van der Waals surface area (Å²) >= 11 is 3.51. The van der Waals surface area contributed by atoms with E-state index in [4.69, 9.17) is 14.6 Å². The number of thiazole rings is 1. The first-order valence-electron chi connectivity index (χ1n) is 19.3. The lowest BCUT2D eigenvalue weighted by Gasteiger charge is -2.49. The molecule has 1 aromatic heterocycles. The molecule has 3 heterocycles. The van der Waals surface area contributed by atoms with E-state index in [9.17, 15) is 19.2 Å². The number of nitrogens with zero attached hydrogens (tertiary/aromatic N) is 3. The highest BCUT2D eigenvalue weighted by atomic mass is 32.2. The van der Waals surface area contributed by atoms with Gasteiger partial charge < -0.3 is 20.2 Å². The van der Waals surface area contributed by atoms with Crippen LogP contribution in [0.1, 0.15) is 46.5 Å². The summed E-state index contributed by atoms with van der Waals surface area (Å²) in [6.07, 6.45) is -0.783. The van der Waals surface area contributed by atoms with Crippen LogP contribution in [-0.4, -0.2) is 62.8 Å². The number of oxime groups is 1. The summed E-state index contributed by atoms with van der Waals surface area (Å²) in [5, 5.41) is 11.9. The maximum atomic E-state index is 14.2. The molecule has 11 nitrogen and oxygen atoms in total. The number of hydrogen-bond donors (Lipinski definition) is 2. The number of rotatable bonds is 14. The Kier molecular flexibility index (Phi) is 12.5. The van der Waals surface area contributed by atoms with Gasteiger partial charge in [0.25, 0.3) is 11.8 Å². The molecule has 2 aliphatic heterocycles. The number of aromatic nitrogens is 1. The smallest absolute Gasteiger partial charge is 0.356 e. The third-order valence-corrected chi connectivity index (χ3v) is 13.3. The number of esters is 1. The minimum atomic E-state index is -1.02. The van der Waals surface area contributed by atoms with E-state index in [2.05, 4.69) is 52.2 Å². The van der Waals surface area contributed by atoms with E-state index >= 15 is 0 Å². The van der Waals surface area contributed by atoms with E-state index in [1.54, 1.807) is 5.38 Å². The van der Waals surface area contributed by atoms with Crippen LogP contribution < -0.4 is 10.6 Å². The van der Waals surface area contributed by atoms with Crippen molar-refractivity contribution in [1.29, 1.82) is 0 Å². The van der Waals surface area contributed by atoms with Gasteiger partial charge >= 0.3 is 5.97 Å². The molecule has 0 bridgehead atoms. The number of benzene rings is 5. The Morgan fingerprint density at radius 2 is 1.31 bits per heavy atom. The first-order valence-corrected chi connectivity index (χ1v) is 22.0. The minimum Gasteiger partial charge on any atom is -0.448 e. The van der Waals surface area contributed by atoms with Crippen molar-refractivity contribution in [3.8, 4) is 0 Å². The molecule has 6 aromatic rings. The molecule has 1 unspecified atom stereocenters. The second-order valence-corrected chi connectivity index (χ2v) is 17.2. The van der Waals surface area contributed by atoms with Gasteiger partial charge in [-0.2, -0.15) is 0 Å². The van der Waals surface area contributed by atoms with Crippen LogP contribution >= 0.6 is 34.9 Å². The number of hydrogen-bond acceptors (Lipinski definition) is 12. The van der Waals surface area contributed by atoms with Crippen molar-refractivity contribution in [2.24, 2.45) is 5.16 Å². The average Bonchev–Trinajstić information content (AvgIpc) is 3.77. The lowest BCUT2D eigenvalue weighted by molar-refractivity contribution is -0.154. The molecule has 1 saturated heterocycles. The minimum absolute atomic E-state index is 0.0176. The van der Waals surface area contributed by atoms with Gasteiger partial charge in [0.05, 0.1) is 0 Å². The lowest BCUT2D eigenvalue weighted by Crippen LogP contribution is -2.71. The van der Waals surface area contributed by atoms with Crippen molar-refractivity contribution in [3.63, 3.8) is 0 Å². The molecule has 8 rings (SSSR count). The number of nitrogens with one attached hydrogen (secondary N) is 2. The summed E-state index contributed by atoms with van der Waals surface area (Å²) in [5.41, 5.74) is 3.61. The fourth-order valence-corrected chi connectivity index (χ4v) is 10.5. The fourth-order valence-electron chi connectivity index (χ4n) is 7.47. The molecular formula is C47H39N5O6S3. The van der Waals surface area contributed by atoms with Crippen LogP contribution in [-0.2, 0) is 34.3 Å². The van der Waals surface area contributed by atoms with Crippen molar-refractivity contribution in [3.05, 3.63) is 201 Å². The number of carbonyl (C=O) groups is 4. The van der Waals surface area contributed by atoms with Crippen LogP contribution in [0.3, 0.4) is 0 Å². The molecule has 14 heteroatoms. The van der Waals surface area contributed by atoms with Crippen molar-refractivity contribution >= 4 is 68.6 Å². The van der Waals surface area contributed by atoms with Gasteiger partial charge in [0.2, 0.25) is 0 Å². The number of ether oxygens (including phenoxy) is 1. The van der Waals surface area contributed by atoms with E-state index in [-0.39, 0.29) is 28.0 Å². The van der Waals surface area contributed by atoms with E-state index in [0.29, 0.717) is 10.0 Å². The van der Waals surface area contributed by atoms with Gasteiger partial charge in [-0.15, -0.1) is 23.1 Å². The molecular weight excluding hydrogens is 827 g/mol. The monoisotopic (exact) mass is 865 g/mol. The second kappa shape index (κ2) is 18.4. The quantitative estimate of drug-likeness (QED) is 0.0363. The summed E-state index contributed by atoms with van der Waals surface area (Å²) < 4.78 is 6.18. The van der Waals surface area contributed by atoms with Gasteiger partial charge in [-0.25, -0.2) is 9.78 Å². The Balaban J connectivity index is 1.05. The fraction of sp³-hybridized carbons (Fsp3) is 0.149. The van der Waals surface area contributed by atoms with Crippen molar-refractivity contribution in [1.82, 2.24) is 15.2 Å². The highest BCUT2D eigenvalue weighted by Gasteiger charge is 2.55. The first kappa shape index (κ1) is 41.3. The van der Waals surface area contributed by atoms with Crippen molar-refractivity contribution in [2.45, 2.75) is 30.0 Å². The molecule has 61 heavy (non-hydrogen) atoms. The molecule has 2 atom stereocenters. The molecule has 1 fully saturated rings. The summed E-state index contributed by atoms with van der Waals surface area (Å²) in [6.45, 7) is 1.40. The van der Waals surface area contributed by atoms with Gasteiger partial charge in [-0.05, 0) is 27.8 Å². The van der Waals surface area contributed by atoms with E-state index in [1.165, 1.54) is 42.0 Å². The number of amides is 2. The summed E-state index contributed by atoms with van der Waals surface area (Å²) in [7, 11) is 1.33. The molecule has 5 aromatic carbocycles. The molecule has 0 spiro atoms. The summed E-state index contributed by atoms with van der Waals surface area (Å²) in [4.78, 5) is 66.4. The highest BCUT2D eigenvalue weighted by molar-refractivity contribution is 8.17. The van der Waals surface area contributed by atoms with Crippen LogP contribution in [0.5, 0.6) is 0 Å². The maximum absolute atomic E-state index is 14.2. The molecule has 0 aliphatic carbocycles. The SMILES string of the molecule is CON=C(C(=O)NC1C(=O)N2C(C(=O)OC(c3ccccc3)c3ccccc3)=C(SC(C)=O)CS[C@@H]12)c1csc(NC(c2ccccc2)(c2ccccc2)c2ccccc2)n1. The van der Waals surface area contributed by atoms with Crippen LogP contribution in [0.2, 0.25) is 0 Å². The number of thioether (sulfide) groups is 2. The van der Waals surface area contributed by atoms with Crippen molar-refractivity contribution < 1.29 is 28.8 Å². The highest BCUT2D eigenvalue weighted by Crippen LogP contribution is 2.45. The first-order chi connectivity index (χ1) is 29.8. The molecule has 0 saturated carbocycles. The number of fused-ring (bicyclic) bond motifs is 1. The van der Waals surface area contributed by atoms with Gasteiger partial charge in [0.15, 0.2) is 22.1 Å². The Morgan fingerprint density at radius 3 is 1.80 bits per heavy atom. The van der Waals surface area contributed by atoms with Gasteiger partial charge in [0, 0.05) is 23.0 Å². The zero-order valence-electron chi connectivity index (χ0n) is 33.0. The standard InChI is InChI=1S/C47H39N5O6S3/c1-30(53)61-37-29-59-44-39(43(55)52(44)40(37)45(56)58-41(31-18-8-3-9-19-31)32-20-10-4-11-21-32)49-42(54)38(51-57-2)36-28-60-46(48-36)50-47(33-22-12-5-13-23-33,34-24-14-6-15-25-34)35-26-16-7-17-27-35/h3-28,39,41,44H,29H2,1-2H3,(H,48,50)(H,49,54)/t39?,44-/m0/s1. The number of anilines is 1. The van der Waals surface area contributed by atoms with Crippen LogP contribution in [0.25, 0.3) is 0 Å². The zero-order chi connectivity index (χ0) is 42.3. The van der Waals surface area contributed by atoms with E-state index < -0.39 is 40.8 Å². The predicted octanol–water partition coefficient (Wildman–Crippen LogP) is 8.12. The summed E-state index contributed by atoms with van der Waals surface area (Å²) in [5.74, 6) is -1.75. The molecule has 0 radical (unpaired) electrons. The number of β-lactam (4-membered cyclic amide) rings is 1. The number of carbonyl (C=O) groups excluding carboxylic acids is 4. The van der Waals surface area contributed by atoms with Crippen LogP contribution in [0, 0.1) is 0 Å². The predicted molar refractivity (Wildman–Crippen MR) is 240 cm³/mol. The topological polar surface area (TPSA) is 139 Å². The molecule has 306 valence electrons. The van der Waals surface area contributed by atoms with Gasteiger partial charge in [-0.1, -0.05) is 169 Å². The lowest BCUT2D eigenvalue weighted by atomic mass is 9.77. The van der Waals surface area contributed by atoms with E-state index in [0.717, 1.165) is 39.6 Å². The van der Waals surface area contributed by atoms with Gasteiger partial charge in [0.1, 0.15) is 35.5 Å². The van der Waals surface area contributed by atoms with E-state index in [1.807, 2.05) is 115 Å². The Labute approximate surface area is 365 Å². The van der Waals surface area contributed by atoms with Crippen LogP contribution in [0.15, 0.2) is 173 Å². The van der Waals surface area contributed by atoms with Crippen LogP contribution in [0.4, 0.5) is 5.13 Å². The Bertz CT molecular complexity index is 2460. The largest absolute Gasteiger partial charge is 0.448 e. The maximum Gasteiger partial charge on any atom is 0.356 e. The van der Waals surface area contributed by atoms with Gasteiger partial charge in [-0.3, -0.25) is 19.3 Å². The summed E-state index contributed by atoms with van der Waals surface area (Å²) in [6, 6.07) is 47.7. The molecule has 2 N–H and O–H groups in total. The van der Waals surface area contributed by atoms with Crippen molar-refractivity contribution in [2.75, 3.05) is 18.2 Å². The third kappa shape index (κ3) is 8.47. The molecule has 2 amide bonds. The Morgan fingerprint density at radius 1 is 0.803 bits per heavy atom. The third-order valence-electron chi connectivity index (χ3n) is 10.2. The molecule has 2 aliphatic rings. The zero-order valence-corrected chi connectivity index (χ0v) is 35.4. The Hall–Kier alpha value is -6.48.